The van der Waals surface area contributed by atoms with E-state index in [4.69, 9.17) is 21.3 Å². The number of hydrogen-bond acceptors (Lipinski definition) is 5. The molecule has 0 spiro atoms. The van der Waals surface area contributed by atoms with Gasteiger partial charge in [-0.15, -0.1) is 0 Å². The molecule has 0 atom stereocenters. The van der Waals surface area contributed by atoms with E-state index >= 15 is 0 Å². The maximum Gasteiger partial charge on any atom is 0.266 e. The molecule has 1 saturated heterocycles. The summed E-state index contributed by atoms with van der Waals surface area (Å²) in [5.74, 6) is 0.297. The lowest BCUT2D eigenvalue weighted by Crippen LogP contribution is -2.41. The molecule has 0 unspecified atom stereocenters. The van der Waals surface area contributed by atoms with E-state index in [1.54, 1.807) is 12.1 Å². The number of amidine groups is 1. The third-order valence-corrected chi connectivity index (χ3v) is 7.58. The van der Waals surface area contributed by atoms with Crippen molar-refractivity contribution in [3.05, 3.63) is 27.6 Å². The number of nitrogens with zero attached hydrogens (tertiary/aromatic N) is 2. The Morgan fingerprint density at radius 3 is 2.52 bits per heavy atom. The normalized spacial score (nSPS) is 23.8. The summed E-state index contributed by atoms with van der Waals surface area (Å²) in [6.45, 7) is 2.27. The Morgan fingerprint density at radius 2 is 1.84 bits per heavy atom. The fraction of sp³-hybridized carbons (Fsp3) is 0.583. The van der Waals surface area contributed by atoms with Gasteiger partial charge in [0.2, 0.25) is 0 Å². The number of ether oxygens (including phenoxy) is 1. The molecule has 3 fully saturated rings. The highest BCUT2D eigenvalue weighted by molar-refractivity contribution is 8.18. The Kier molecular flexibility index (Phi) is 7.49. The Labute approximate surface area is 193 Å². The molecular weight excluding hydrogens is 432 g/mol. The van der Waals surface area contributed by atoms with Crippen LogP contribution in [0, 0.1) is 0 Å². The van der Waals surface area contributed by atoms with E-state index in [0.717, 1.165) is 36.4 Å². The zero-order valence-electron chi connectivity index (χ0n) is 18.1. The quantitative estimate of drug-likeness (QED) is 0.515. The van der Waals surface area contributed by atoms with Gasteiger partial charge < -0.3 is 9.84 Å². The monoisotopic (exact) mass is 462 g/mol. The summed E-state index contributed by atoms with van der Waals surface area (Å²) in [5.41, 5.74) is 0.740. The molecule has 0 bridgehead atoms. The van der Waals surface area contributed by atoms with Gasteiger partial charge in [-0.25, -0.2) is 0 Å². The van der Waals surface area contributed by atoms with Crippen molar-refractivity contribution >= 4 is 40.5 Å². The highest BCUT2D eigenvalue weighted by Crippen LogP contribution is 2.40. The summed E-state index contributed by atoms with van der Waals surface area (Å²) in [5, 5.41) is 11.2. The third-order valence-electron chi connectivity index (χ3n) is 6.29. The lowest BCUT2D eigenvalue weighted by molar-refractivity contribution is -0.124. The lowest BCUT2D eigenvalue weighted by atomic mass is 9.94. The van der Waals surface area contributed by atoms with E-state index in [0.29, 0.717) is 23.3 Å². The summed E-state index contributed by atoms with van der Waals surface area (Å²) in [7, 11) is 0. The van der Waals surface area contributed by atoms with Crippen LogP contribution in [0.25, 0.3) is 6.08 Å². The molecule has 1 N–H and O–H groups in total. The zero-order valence-corrected chi connectivity index (χ0v) is 19.7. The average molecular weight is 463 g/mol. The van der Waals surface area contributed by atoms with Crippen molar-refractivity contribution in [3.8, 4) is 11.5 Å². The van der Waals surface area contributed by atoms with E-state index in [1.165, 1.54) is 50.3 Å². The minimum atomic E-state index is -0.0700. The van der Waals surface area contributed by atoms with Crippen LogP contribution in [0.2, 0.25) is 5.02 Å². The zero-order chi connectivity index (χ0) is 21.8. The highest BCUT2D eigenvalue weighted by atomic mass is 35.5. The largest absolute Gasteiger partial charge is 0.503 e. The predicted octanol–water partition coefficient (Wildman–Crippen LogP) is 6.38. The van der Waals surface area contributed by atoms with E-state index < -0.39 is 0 Å². The summed E-state index contributed by atoms with van der Waals surface area (Å²) in [6, 6.07) is 3.96. The molecule has 2 aliphatic carbocycles. The number of aromatic hydroxyl groups is 1. The number of carbonyl (C=O) groups is 1. The molecule has 0 radical (unpaired) electrons. The van der Waals surface area contributed by atoms with E-state index in [-0.39, 0.29) is 22.7 Å². The van der Waals surface area contributed by atoms with E-state index in [9.17, 15) is 9.90 Å². The molecule has 1 aliphatic heterocycles. The molecule has 3 aliphatic rings. The van der Waals surface area contributed by atoms with Crippen LogP contribution in [-0.2, 0) is 4.79 Å². The standard InChI is InChI=1S/C24H31ClN2O3S/c1-2-30-20-14-16(13-19(25)22(20)28)15-21-23(29)27(18-11-7-4-8-12-18)24(31-21)26-17-9-5-3-6-10-17/h13-15,17-18,28H,2-12H2,1H3. The molecule has 0 aromatic heterocycles. The number of halogens is 1. The first kappa shape index (κ1) is 22.5. The van der Waals surface area contributed by atoms with Crippen molar-refractivity contribution in [2.75, 3.05) is 6.61 Å². The molecule has 168 valence electrons. The van der Waals surface area contributed by atoms with Gasteiger partial charge in [0.25, 0.3) is 5.91 Å². The van der Waals surface area contributed by atoms with Gasteiger partial charge in [0.1, 0.15) is 0 Å². The minimum absolute atomic E-state index is 0.0358. The van der Waals surface area contributed by atoms with Crippen LogP contribution in [0.5, 0.6) is 11.5 Å². The highest BCUT2D eigenvalue weighted by Gasteiger charge is 2.39. The number of phenols is 1. The lowest BCUT2D eigenvalue weighted by Gasteiger charge is -2.31. The summed E-state index contributed by atoms with van der Waals surface area (Å²) >= 11 is 7.68. The van der Waals surface area contributed by atoms with Crippen molar-refractivity contribution < 1.29 is 14.6 Å². The van der Waals surface area contributed by atoms with Gasteiger partial charge in [-0.2, -0.15) is 0 Å². The predicted molar refractivity (Wildman–Crippen MR) is 128 cm³/mol. The van der Waals surface area contributed by atoms with Gasteiger partial charge in [0, 0.05) is 6.04 Å². The van der Waals surface area contributed by atoms with Gasteiger partial charge in [0.15, 0.2) is 16.7 Å². The Morgan fingerprint density at radius 1 is 1.16 bits per heavy atom. The van der Waals surface area contributed by atoms with Crippen LogP contribution in [0.4, 0.5) is 0 Å². The smallest absolute Gasteiger partial charge is 0.266 e. The van der Waals surface area contributed by atoms with Crippen molar-refractivity contribution in [1.82, 2.24) is 4.90 Å². The van der Waals surface area contributed by atoms with Crippen LogP contribution >= 0.6 is 23.4 Å². The topological polar surface area (TPSA) is 62.1 Å². The molecule has 31 heavy (non-hydrogen) atoms. The van der Waals surface area contributed by atoms with Gasteiger partial charge >= 0.3 is 0 Å². The first-order valence-corrected chi connectivity index (χ1v) is 12.7. The van der Waals surface area contributed by atoms with Crippen molar-refractivity contribution in [2.45, 2.75) is 83.2 Å². The number of rotatable bonds is 5. The Balaban J connectivity index is 1.65. The first-order valence-electron chi connectivity index (χ1n) is 11.5. The third kappa shape index (κ3) is 5.23. The average Bonchev–Trinajstić information content (AvgIpc) is 3.07. The molecule has 7 heteroatoms. The van der Waals surface area contributed by atoms with Crippen LogP contribution in [0.3, 0.4) is 0 Å². The number of hydrogen-bond donors (Lipinski definition) is 1. The maximum atomic E-state index is 13.5. The van der Waals surface area contributed by atoms with Crippen LogP contribution in [0.1, 0.15) is 76.7 Å². The molecule has 1 amide bonds. The van der Waals surface area contributed by atoms with Crippen LogP contribution in [-0.4, -0.2) is 39.8 Å². The fourth-order valence-electron chi connectivity index (χ4n) is 4.70. The molecule has 4 rings (SSSR count). The van der Waals surface area contributed by atoms with Crippen molar-refractivity contribution in [1.29, 1.82) is 0 Å². The van der Waals surface area contributed by atoms with Gasteiger partial charge in [0.05, 0.1) is 22.6 Å². The van der Waals surface area contributed by atoms with Gasteiger partial charge in [-0.05, 0) is 68.1 Å². The second-order valence-corrected chi connectivity index (χ2v) is 9.98. The molecule has 1 aromatic rings. The second kappa shape index (κ2) is 10.3. The molecule has 1 aromatic carbocycles. The summed E-state index contributed by atoms with van der Waals surface area (Å²) < 4.78 is 5.50. The SMILES string of the molecule is CCOc1cc(C=C2SC(=NC3CCCCC3)N(C3CCCCC3)C2=O)cc(Cl)c1O. The molecule has 1 heterocycles. The number of benzene rings is 1. The fourth-order valence-corrected chi connectivity index (χ4v) is 6.03. The summed E-state index contributed by atoms with van der Waals surface area (Å²) in [6.07, 6.45) is 13.5. The summed E-state index contributed by atoms with van der Waals surface area (Å²) in [4.78, 5) is 21.2. The Hall–Kier alpha value is -1.66. The minimum Gasteiger partial charge on any atom is -0.503 e. The van der Waals surface area contributed by atoms with Crippen LogP contribution in [0.15, 0.2) is 22.0 Å². The number of thioether (sulfide) groups is 1. The second-order valence-electron chi connectivity index (χ2n) is 8.56. The van der Waals surface area contributed by atoms with E-state index in [1.807, 2.05) is 17.9 Å². The molecule has 5 nitrogen and oxygen atoms in total. The number of amides is 1. The maximum absolute atomic E-state index is 13.5. The number of carbonyl (C=O) groups excluding carboxylic acids is 1. The van der Waals surface area contributed by atoms with Crippen LogP contribution < -0.4 is 4.74 Å². The molecular formula is C24H31ClN2O3S. The molecule has 2 saturated carbocycles. The first-order chi connectivity index (χ1) is 15.1. The number of phenolic OH excluding ortho intramolecular Hbond substituents is 1. The van der Waals surface area contributed by atoms with Crippen molar-refractivity contribution in [3.63, 3.8) is 0 Å². The van der Waals surface area contributed by atoms with Gasteiger partial charge in [-0.1, -0.05) is 50.1 Å². The van der Waals surface area contributed by atoms with Crippen molar-refractivity contribution in [2.24, 2.45) is 4.99 Å². The number of aliphatic imine (C=N–C) groups is 1. The Bertz CT molecular complexity index is 874. The van der Waals surface area contributed by atoms with E-state index in [2.05, 4.69) is 0 Å². The van der Waals surface area contributed by atoms with Gasteiger partial charge in [-0.3, -0.25) is 14.7 Å².